The van der Waals surface area contributed by atoms with Crippen LogP contribution in [0.25, 0.3) is 0 Å². The molecule has 8 heteroatoms. The van der Waals surface area contributed by atoms with Crippen molar-refractivity contribution in [2.45, 2.75) is 5.41 Å². The minimum Gasteiger partial charge on any atom is -0.545 e. The van der Waals surface area contributed by atoms with E-state index in [1.165, 1.54) is 48.5 Å². The highest BCUT2D eigenvalue weighted by Crippen LogP contribution is 2.45. The molecule has 0 amide bonds. The molecule has 0 atom stereocenters. The lowest BCUT2D eigenvalue weighted by Crippen LogP contribution is -2.32. The summed E-state index contributed by atoms with van der Waals surface area (Å²) in [6, 6.07) is 23.2. The monoisotopic (exact) mass is 492 g/mol. The lowest BCUT2D eigenvalue weighted by molar-refractivity contribution is -0.256. The van der Waals surface area contributed by atoms with E-state index in [1.54, 1.807) is 48.5 Å². The van der Waals surface area contributed by atoms with Crippen LogP contribution in [-0.4, -0.2) is 23.9 Å². The van der Waals surface area contributed by atoms with Crippen LogP contribution in [0.1, 0.15) is 63.7 Å². The van der Waals surface area contributed by atoms with Crippen LogP contribution in [0.15, 0.2) is 97.1 Å². The van der Waals surface area contributed by atoms with E-state index in [2.05, 4.69) is 0 Å². The van der Waals surface area contributed by atoms with Crippen LogP contribution in [0.2, 0.25) is 0 Å². The molecule has 4 aromatic carbocycles. The van der Waals surface area contributed by atoms with Gasteiger partial charge in [-0.15, -0.1) is 0 Å². The van der Waals surface area contributed by atoms with Gasteiger partial charge >= 0.3 is 0 Å². The zero-order valence-corrected chi connectivity index (χ0v) is 19.0. The molecule has 0 spiro atoms. The molecule has 184 valence electrons. The molecular weight excluding hydrogens is 476 g/mol. The highest BCUT2D eigenvalue weighted by molar-refractivity contribution is 5.88. The van der Waals surface area contributed by atoms with Gasteiger partial charge in [-0.3, -0.25) is 0 Å². The molecule has 0 N–H and O–H groups in total. The second-order valence-corrected chi connectivity index (χ2v) is 8.21. The van der Waals surface area contributed by atoms with Crippen LogP contribution in [0.4, 0.5) is 0 Å². The third kappa shape index (κ3) is 4.55. The number of benzene rings is 4. The van der Waals surface area contributed by atoms with Gasteiger partial charge in [0, 0.05) is 0 Å². The fourth-order valence-electron chi connectivity index (χ4n) is 4.43. The number of carbonyl (C=O) groups excluding carboxylic acids is 4. The molecular formula is C29H16O8-4. The summed E-state index contributed by atoms with van der Waals surface area (Å²) in [6.07, 6.45) is 0. The first-order valence-electron chi connectivity index (χ1n) is 10.9. The van der Waals surface area contributed by atoms with Gasteiger partial charge in [0.15, 0.2) is 0 Å². The lowest BCUT2D eigenvalue weighted by Gasteiger charge is -2.37. The zero-order valence-electron chi connectivity index (χ0n) is 19.0. The fourth-order valence-corrected chi connectivity index (χ4v) is 4.43. The van der Waals surface area contributed by atoms with Crippen molar-refractivity contribution >= 4 is 23.9 Å². The van der Waals surface area contributed by atoms with Crippen LogP contribution in [0.5, 0.6) is 0 Å². The van der Waals surface area contributed by atoms with Gasteiger partial charge in [-0.25, -0.2) is 0 Å². The summed E-state index contributed by atoms with van der Waals surface area (Å²) in [5, 5.41) is 45.5. The van der Waals surface area contributed by atoms with Crippen molar-refractivity contribution in [2.24, 2.45) is 0 Å². The minimum absolute atomic E-state index is 0.0791. The second-order valence-electron chi connectivity index (χ2n) is 8.21. The Morgan fingerprint density at radius 3 is 0.649 bits per heavy atom. The van der Waals surface area contributed by atoms with Crippen molar-refractivity contribution < 1.29 is 39.6 Å². The van der Waals surface area contributed by atoms with Crippen LogP contribution in [0, 0.1) is 0 Å². The van der Waals surface area contributed by atoms with Gasteiger partial charge in [0.2, 0.25) is 0 Å². The van der Waals surface area contributed by atoms with Crippen LogP contribution in [0.3, 0.4) is 0 Å². The van der Waals surface area contributed by atoms with Gasteiger partial charge < -0.3 is 39.6 Å². The largest absolute Gasteiger partial charge is 0.545 e. The first-order valence-corrected chi connectivity index (χ1v) is 10.9. The Hall–Kier alpha value is -5.24. The van der Waals surface area contributed by atoms with Crippen molar-refractivity contribution in [3.05, 3.63) is 142 Å². The first-order chi connectivity index (χ1) is 17.6. The molecule has 37 heavy (non-hydrogen) atoms. The third-order valence-corrected chi connectivity index (χ3v) is 6.21. The van der Waals surface area contributed by atoms with Gasteiger partial charge in [0.25, 0.3) is 0 Å². The lowest BCUT2D eigenvalue weighted by atomic mass is 9.65. The number of carbonyl (C=O) groups is 4. The molecule has 0 aliphatic carbocycles. The Bertz CT molecular complexity index is 1250. The SMILES string of the molecule is O=C([O-])c1ccc(C(c2ccc(C(=O)[O-])cc2)(c2ccc(C(=O)[O-])cc2)c2ccc(C(=O)[O-])cc2)cc1. The molecule has 0 heterocycles. The molecule has 0 radical (unpaired) electrons. The molecule has 4 aromatic rings. The van der Waals surface area contributed by atoms with Gasteiger partial charge in [0.1, 0.15) is 0 Å². The molecule has 4 rings (SSSR count). The average Bonchev–Trinajstić information content (AvgIpc) is 2.90. The maximum Gasteiger partial charge on any atom is 0.0715 e. The molecule has 0 saturated heterocycles. The Morgan fingerprint density at radius 1 is 0.351 bits per heavy atom. The molecule has 0 aromatic heterocycles. The molecule has 0 aliphatic heterocycles. The standard InChI is InChI=1S/C29H20O8/c30-25(31)17-1-9-21(10-2-17)29(22-11-3-18(4-12-22)26(32)33,23-13-5-19(6-14-23)27(34)35)24-15-7-20(8-16-24)28(36)37/h1-16H,(H,30,31)(H,32,33)(H,34,35)(H,36,37)/p-4. The van der Waals surface area contributed by atoms with Crippen LogP contribution < -0.4 is 20.4 Å². The van der Waals surface area contributed by atoms with Crippen molar-refractivity contribution in [3.63, 3.8) is 0 Å². The van der Waals surface area contributed by atoms with E-state index in [1.807, 2.05) is 0 Å². The predicted molar refractivity (Wildman–Crippen MR) is 122 cm³/mol. The van der Waals surface area contributed by atoms with E-state index in [9.17, 15) is 39.6 Å². The van der Waals surface area contributed by atoms with E-state index < -0.39 is 29.3 Å². The number of hydrogen-bond donors (Lipinski definition) is 0. The summed E-state index contributed by atoms with van der Waals surface area (Å²) in [6.45, 7) is 0. The molecule has 8 nitrogen and oxygen atoms in total. The maximum absolute atomic E-state index is 11.4. The van der Waals surface area contributed by atoms with Crippen molar-refractivity contribution in [1.29, 1.82) is 0 Å². The molecule has 0 aliphatic rings. The Morgan fingerprint density at radius 2 is 0.514 bits per heavy atom. The fraction of sp³-hybridized carbons (Fsp3) is 0.0345. The number of carboxylic acids is 4. The van der Waals surface area contributed by atoms with Crippen LogP contribution >= 0.6 is 0 Å². The van der Waals surface area contributed by atoms with Gasteiger partial charge in [0.05, 0.1) is 29.3 Å². The summed E-state index contributed by atoms with van der Waals surface area (Å²) in [5.41, 5.74) is 0.539. The maximum atomic E-state index is 11.4. The summed E-state index contributed by atoms with van der Waals surface area (Å²) in [5.74, 6) is -5.53. The number of carboxylic acid groups (broad SMARTS) is 4. The topological polar surface area (TPSA) is 161 Å². The first kappa shape index (κ1) is 24.9. The second kappa shape index (κ2) is 9.79. The van der Waals surface area contributed by atoms with E-state index in [0.29, 0.717) is 22.3 Å². The summed E-state index contributed by atoms with van der Waals surface area (Å²) < 4.78 is 0. The zero-order chi connectivity index (χ0) is 26.7. The molecule has 0 bridgehead atoms. The quantitative estimate of drug-likeness (QED) is 0.298. The normalized spacial score (nSPS) is 11.0. The summed E-state index contributed by atoms with van der Waals surface area (Å²) in [4.78, 5) is 45.5. The Balaban J connectivity index is 2.09. The van der Waals surface area contributed by atoms with E-state index >= 15 is 0 Å². The Kier molecular flexibility index (Phi) is 6.58. The van der Waals surface area contributed by atoms with Crippen molar-refractivity contribution in [1.82, 2.24) is 0 Å². The van der Waals surface area contributed by atoms with Gasteiger partial charge in [-0.1, -0.05) is 97.1 Å². The average molecular weight is 492 g/mol. The van der Waals surface area contributed by atoms with Gasteiger partial charge in [-0.2, -0.15) is 0 Å². The molecule has 0 saturated carbocycles. The van der Waals surface area contributed by atoms with E-state index in [-0.39, 0.29) is 22.3 Å². The third-order valence-electron chi connectivity index (χ3n) is 6.21. The summed E-state index contributed by atoms with van der Waals surface area (Å²) in [7, 11) is 0. The van der Waals surface area contributed by atoms with Crippen molar-refractivity contribution in [3.8, 4) is 0 Å². The van der Waals surface area contributed by atoms with Crippen molar-refractivity contribution in [2.75, 3.05) is 0 Å². The number of aromatic carboxylic acids is 4. The molecule has 0 unspecified atom stereocenters. The molecule has 0 fully saturated rings. The van der Waals surface area contributed by atoms with E-state index in [0.717, 1.165) is 0 Å². The number of hydrogen-bond acceptors (Lipinski definition) is 8. The Labute approximate surface area is 210 Å². The van der Waals surface area contributed by atoms with E-state index in [4.69, 9.17) is 0 Å². The minimum atomic E-state index is -1.38. The van der Waals surface area contributed by atoms with Gasteiger partial charge in [-0.05, 0) is 44.5 Å². The predicted octanol–water partition coefficient (Wildman–Crippen LogP) is -0.477. The smallest absolute Gasteiger partial charge is 0.0715 e. The number of rotatable bonds is 8. The summed E-state index contributed by atoms with van der Waals surface area (Å²) >= 11 is 0. The van der Waals surface area contributed by atoms with Crippen LogP contribution in [-0.2, 0) is 5.41 Å². The highest BCUT2D eigenvalue weighted by Gasteiger charge is 2.38. The highest BCUT2D eigenvalue weighted by atomic mass is 16.4.